The third-order valence-electron chi connectivity index (χ3n) is 4.68. The minimum atomic E-state index is -4.36. The second-order valence-corrected chi connectivity index (χ2v) is 7.39. The van der Waals surface area contributed by atoms with Crippen molar-refractivity contribution in [1.82, 2.24) is 0 Å². The molecule has 1 aliphatic heterocycles. The van der Waals surface area contributed by atoms with Gasteiger partial charge in [-0.15, -0.1) is 0 Å². The maximum Gasteiger partial charge on any atom is 0.416 e. The smallest absolute Gasteiger partial charge is 0.416 e. The molecule has 0 saturated heterocycles. The van der Waals surface area contributed by atoms with Gasteiger partial charge in [-0.1, -0.05) is 12.1 Å². The first-order chi connectivity index (χ1) is 12.8. The molecule has 1 heterocycles. The van der Waals surface area contributed by atoms with Crippen molar-refractivity contribution in [2.45, 2.75) is 18.5 Å². The van der Waals surface area contributed by atoms with Gasteiger partial charge in [0.15, 0.2) is 11.5 Å². The molecule has 142 valence electrons. The van der Waals surface area contributed by atoms with Gasteiger partial charge in [0.25, 0.3) is 0 Å². The molecule has 0 aromatic heterocycles. The number of ether oxygens (including phenoxy) is 2. The molecule has 0 radical (unpaired) electrons. The third-order valence-corrected chi connectivity index (χ3v) is 5.34. The van der Waals surface area contributed by atoms with Gasteiger partial charge in [-0.05, 0) is 46.0 Å². The van der Waals surface area contributed by atoms with Crippen LogP contribution in [-0.2, 0) is 11.0 Å². The molecule has 27 heavy (non-hydrogen) atoms. The Hall–Kier alpha value is -2.22. The summed E-state index contributed by atoms with van der Waals surface area (Å²) in [6, 6.07) is 8.44. The molecule has 0 spiro atoms. The number of alkyl halides is 3. The van der Waals surface area contributed by atoms with Gasteiger partial charge in [-0.25, -0.2) is 0 Å². The van der Waals surface area contributed by atoms with Crippen LogP contribution in [0, 0.1) is 5.92 Å². The number of nitrogens with one attached hydrogen (secondary N) is 1. The third kappa shape index (κ3) is 3.76. The number of benzene rings is 2. The summed E-state index contributed by atoms with van der Waals surface area (Å²) in [5.74, 6) is 0.678. The minimum absolute atomic E-state index is 0.0664. The van der Waals surface area contributed by atoms with E-state index in [0.29, 0.717) is 41.3 Å². The average Bonchev–Trinajstić information content (AvgIpc) is 3.42. The zero-order valence-corrected chi connectivity index (χ0v) is 15.6. The highest BCUT2D eigenvalue weighted by molar-refractivity contribution is 9.10. The van der Waals surface area contributed by atoms with Gasteiger partial charge in [-0.2, -0.15) is 13.2 Å². The van der Waals surface area contributed by atoms with Crippen LogP contribution >= 0.6 is 15.9 Å². The first-order valence-electron chi connectivity index (χ1n) is 8.40. The van der Waals surface area contributed by atoms with E-state index in [0.717, 1.165) is 17.7 Å². The summed E-state index contributed by atoms with van der Waals surface area (Å²) >= 11 is 3.40. The molecular formula is C19H15BrF3NO3. The average molecular weight is 442 g/mol. The van der Waals surface area contributed by atoms with E-state index < -0.39 is 11.7 Å². The lowest BCUT2D eigenvalue weighted by Crippen LogP contribution is -2.18. The topological polar surface area (TPSA) is 47.6 Å². The molecule has 1 saturated carbocycles. The van der Waals surface area contributed by atoms with E-state index in [1.54, 1.807) is 12.1 Å². The Morgan fingerprint density at radius 1 is 1.07 bits per heavy atom. The molecule has 1 N–H and O–H groups in total. The largest absolute Gasteiger partial charge is 0.486 e. The van der Waals surface area contributed by atoms with Gasteiger partial charge in [-0.3, -0.25) is 4.79 Å². The number of fused-ring (bicyclic) bond motifs is 1. The van der Waals surface area contributed by atoms with Crippen LogP contribution in [-0.4, -0.2) is 19.1 Å². The van der Waals surface area contributed by atoms with Crippen LogP contribution in [0.15, 0.2) is 40.9 Å². The molecule has 1 fully saturated rings. The highest BCUT2D eigenvalue weighted by Crippen LogP contribution is 2.49. The summed E-state index contributed by atoms with van der Waals surface area (Å²) in [5, 5.41) is 2.86. The normalized spacial score (nSPS) is 20.9. The van der Waals surface area contributed by atoms with Crippen molar-refractivity contribution in [1.29, 1.82) is 0 Å². The van der Waals surface area contributed by atoms with E-state index in [4.69, 9.17) is 9.47 Å². The lowest BCUT2D eigenvalue weighted by molar-refractivity contribution is -0.137. The van der Waals surface area contributed by atoms with Gasteiger partial charge in [0.05, 0.1) is 11.3 Å². The number of carbonyl (C=O) groups is 1. The molecule has 1 amide bonds. The highest BCUT2D eigenvalue weighted by atomic mass is 79.9. The van der Waals surface area contributed by atoms with Gasteiger partial charge in [0.2, 0.25) is 5.91 Å². The number of hydrogen-bond acceptors (Lipinski definition) is 3. The monoisotopic (exact) mass is 441 g/mol. The molecular weight excluding hydrogens is 427 g/mol. The van der Waals surface area contributed by atoms with Crippen LogP contribution in [0.3, 0.4) is 0 Å². The molecule has 2 aromatic carbocycles. The summed E-state index contributed by atoms with van der Waals surface area (Å²) in [6.45, 7) is 0.919. The van der Waals surface area contributed by atoms with E-state index >= 15 is 0 Å². The minimum Gasteiger partial charge on any atom is -0.486 e. The van der Waals surface area contributed by atoms with Crippen molar-refractivity contribution in [3.8, 4) is 11.5 Å². The predicted octanol–water partition coefficient (Wildman–Crippen LogP) is 4.98. The summed E-state index contributed by atoms with van der Waals surface area (Å²) in [4.78, 5) is 12.5. The van der Waals surface area contributed by atoms with E-state index in [-0.39, 0.29) is 17.7 Å². The van der Waals surface area contributed by atoms with Crippen molar-refractivity contribution >= 4 is 27.5 Å². The maximum atomic E-state index is 12.7. The van der Waals surface area contributed by atoms with E-state index in [1.807, 2.05) is 0 Å². The van der Waals surface area contributed by atoms with E-state index in [1.165, 1.54) is 12.1 Å². The Labute approximate surface area is 161 Å². The van der Waals surface area contributed by atoms with Crippen molar-refractivity contribution < 1.29 is 27.4 Å². The summed E-state index contributed by atoms with van der Waals surface area (Å²) in [7, 11) is 0. The van der Waals surface area contributed by atoms with Crippen molar-refractivity contribution in [3.05, 3.63) is 52.0 Å². The lowest BCUT2D eigenvalue weighted by Gasteiger charge is -2.20. The number of anilines is 1. The first kappa shape index (κ1) is 18.2. The number of rotatable bonds is 3. The van der Waals surface area contributed by atoms with Crippen molar-refractivity contribution in [2.24, 2.45) is 5.92 Å². The van der Waals surface area contributed by atoms with Crippen LogP contribution in [0.4, 0.5) is 18.9 Å². The SMILES string of the molecule is O=C(Nc1cc2c(cc1Br)OCCO2)C1CC1c1ccc(C(F)(F)F)cc1. The fourth-order valence-electron chi connectivity index (χ4n) is 3.16. The maximum absolute atomic E-state index is 12.7. The van der Waals surface area contributed by atoms with Crippen LogP contribution in [0.1, 0.15) is 23.5 Å². The zero-order valence-electron chi connectivity index (χ0n) is 14.0. The van der Waals surface area contributed by atoms with Crippen LogP contribution in [0.25, 0.3) is 0 Å². The second-order valence-electron chi connectivity index (χ2n) is 6.53. The second kappa shape index (κ2) is 6.74. The summed E-state index contributed by atoms with van der Waals surface area (Å²) in [6.07, 6.45) is -3.75. The molecule has 2 aliphatic rings. The number of carbonyl (C=O) groups excluding carboxylic acids is 1. The quantitative estimate of drug-likeness (QED) is 0.730. The molecule has 2 aromatic rings. The highest BCUT2D eigenvalue weighted by Gasteiger charge is 2.44. The number of halogens is 4. The fraction of sp³-hybridized carbons (Fsp3) is 0.316. The van der Waals surface area contributed by atoms with Crippen LogP contribution < -0.4 is 14.8 Å². The van der Waals surface area contributed by atoms with E-state index in [9.17, 15) is 18.0 Å². The first-order valence-corrected chi connectivity index (χ1v) is 9.19. The molecule has 2 atom stereocenters. The van der Waals surface area contributed by atoms with Gasteiger partial charge >= 0.3 is 6.18 Å². The number of hydrogen-bond donors (Lipinski definition) is 1. The Bertz CT molecular complexity index is 883. The van der Waals surface area contributed by atoms with Crippen LogP contribution in [0.2, 0.25) is 0 Å². The zero-order chi connectivity index (χ0) is 19.2. The molecule has 0 bridgehead atoms. The van der Waals surface area contributed by atoms with Crippen LogP contribution in [0.5, 0.6) is 11.5 Å². The Morgan fingerprint density at radius 2 is 1.70 bits per heavy atom. The van der Waals surface area contributed by atoms with Crippen molar-refractivity contribution in [3.63, 3.8) is 0 Å². The van der Waals surface area contributed by atoms with Gasteiger partial charge in [0.1, 0.15) is 13.2 Å². The number of amides is 1. The fourth-order valence-corrected chi connectivity index (χ4v) is 3.58. The molecule has 4 nitrogen and oxygen atoms in total. The Balaban J connectivity index is 1.43. The summed E-state index contributed by atoms with van der Waals surface area (Å²) in [5.41, 5.74) is 0.625. The Kier molecular flexibility index (Phi) is 4.53. The van der Waals surface area contributed by atoms with Gasteiger partial charge < -0.3 is 14.8 Å². The molecule has 2 unspecified atom stereocenters. The molecule has 1 aliphatic carbocycles. The Morgan fingerprint density at radius 3 is 2.33 bits per heavy atom. The van der Waals surface area contributed by atoms with E-state index in [2.05, 4.69) is 21.2 Å². The molecule has 4 rings (SSSR count). The summed E-state index contributed by atoms with van der Waals surface area (Å²) < 4.78 is 49.6. The lowest BCUT2D eigenvalue weighted by atomic mass is 10.1. The van der Waals surface area contributed by atoms with Crippen molar-refractivity contribution in [2.75, 3.05) is 18.5 Å². The van der Waals surface area contributed by atoms with Gasteiger partial charge in [0, 0.05) is 22.5 Å². The molecule has 8 heteroatoms. The predicted molar refractivity (Wildman–Crippen MR) is 96.1 cm³/mol. The standard InChI is InChI=1S/C19H15BrF3NO3/c20-14-8-16-17(27-6-5-26-16)9-15(14)24-18(25)13-7-12(13)10-1-3-11(4-2-10)19(21,22)23/h1-4,8-9,12-13H,5-7H2,(H,24,25).